The molecule has 0 radical (unpaired) electrons. The Morgan fingerprint density at radius 2 is 1.64 bits per heavy atom. The second kappa shape index (κ2) is 6.31. The molecule has 2 aromatic carbocycles. The van der Waals surface area contributed by atoms with E-state index in [0.717, 1.165) is 11.6 Å². The Balaban J connectivity index is 2.17. The van der Waals surface area contributed by atoms with Crippen LogP contribution in [0.1, 0.15) is 11.1 Å². The highest BCUT2D eigenvalue weighted by atomic mass is 32.1. The van der Waals surface area contributed by atoms with Crippen molar-refractivity contribution in [3.63, 3.8) is 0 Å². The Morgan fingerprint density at radius 1 is 1.00 bits per heavy atom. The molecule has 0 amide bonds. The minimum atomic E-state index is -4.55. The molecule has 0 atom stereocenters. The fourth-order valence-electron chi connectivity index (χ4n) is 1.79. The van der Waals surface area contributed by atoms with E-state index in [9.17, 15) is 17.6 Å². The molecule has 2 aromatic rings. The van der Waals surface area contributed by atoms with Crippen molar-refractivity contribution in [1.29, 1.82) is 0 Å². The van der Waals surface area contributed by atoms with Gasteiger partial charge in [0, 0.05) is 5.69 Å². The van der Waals surface area contributed by atoms with Crippen LogP contribution in [0.3, 0.4) is 0 Å². The standard InChI is InChI=1S/C15H12F4N2S/c1-9-4-2-3-5-12(9)20-14(22)21-13-8-10(15(17,18)19)6-7-11(13)16/h2-8H,1H3,(H2,20,21,22). The first-order valence-corrected chi connectivity index (χ1v) is 6.68. The number of hydrogen-bond acceptors (Lipinski definition) is 1. The van der Waals surface area contributed by atoms with Crippen molar-refractivity contribution in [2.45, 2.75) is 13.1 Å². The zero-order chi connectivity index (χ0) is 16.3. The predicted molar refractivity (Wildman–Crippen MR) is 82.4 cm³/mol. The molecule has 0 spiro atoms. The lowest BCUT2D eigenvalue weighted by Gasteiger charge is -2.14. The summed E-state index contributed by atoms with van der Waals surface area (Å²) in [6.45, 7) is 1.84. The highest BCUT2D eigenvalue weighted by Crippen LogP contribution is 2.31. The molecule has 0 saturated heterocycles. The Kier molecular flexibility index (Phi) is 4.65. The minimum Gasteiger partial charge on any atom is -0.332 e. The predicted octanol–water partition coefficient (Wildman–Crippen LogP) is 4.96. The number of aryl methyl sites for hydroxylation is 1. The highest BCUT2D eigenvalue weighted by Gasteiger charge is 2.31. The fraction of sp³-hybridized carbons (Fsp3) is 0.133. The summed E-state index contributed by atoms with van der Waals surface area (Å²) >= 11 is 5.00. The summed E-state index contributed by atoms with van der Waals surface area (Å²) in [4.78, 5) is 0. The van der Waals surface area contributed by atoms with E-state index in [1.165, 1.54) is 0 Å². The molecular formula is C15H12F4N2S. The molecule has 0 fully saturated rings. The van der Waals surface area contributed by atoms with Gasteiger partial charge in [0.25, 0.3) is 0 Å². The zero-order valence-corrected chi connectivity index (χ0v) is 12.3. The van der Waals surface area contributed by atoms with Crippen molar-refractivity contribution in [3.05, 3.63) is 59.4 Å². The summed E-state index contributed by atoms with van der Waals surface area (Å²) < 4.78 is 51.5. The molecule has 7 heteroatoms. The third-order valence-electron chi connectivity index (χ3n) is 2.94. The Hall–Kier alpha value is -2.15. The number of halogens is 4. The van der Waals surface area contributed by atoms with Crippen LogP contribution in [0.4, 0.5) is 28.9 Å². The van der Waals surface area contributed by atoms with Crippen LogP contribution in [0.2, 0.25) is 0 Å². The maximum atomic E-state index is 13.6. The van der Waals surface area contributed by atoms with Crippen molar-refractivity contribution >= 4 is 28.7 Å². The van der Waals surface area contributed by atoms with Crippen molar-refractivity contribution < 1.29 is 17.6 Å². The molecule has 0 heterocycles. The van der Waals surface area contributed by atoms with Gasteiger partial charge in [0.15, 0.2) is 5.11 Å². The van der Waals surface area contributed by atoms with Crippen LogP contribution >= 0.6 is 12.2 Å². The van der Waals surface area contributed by atoms with Crippen LogP contribution in [0.15, 0.2) is 42.5 Å². The Morgan fingerprint density at radius 3 is 2.27 bits per heavy atom. The van der Waals surface area contributed by atoms with E-state index in [1.54, 1.807) is 12.1 Å². The summed E-state index contributed by atoms with van der Waals surface area (Å²) in [5.41, 5.74) is 0.305. The third-order valence-corrected chi connectivity index (χ3v) is 3.14. The molecule has 22 heavy (non-hydrogen) atoms. The first-order chi connectivity index (χ1) is 10.3. The maximum Gasteiger partial charge on any atom is 0.416 e. The monoisotopic (exact) mass is 328 g/mol. The van der Waals surface area contributed by atoms with Gasteiger partial charge in [-0.25, -0.2) is 4.39 Å². The second-order valence-electron chi connectivity index (χ2n) is 4.59. The topological polar surface area (TPSA) is 24.1 Å². The fourth-order valence-corrected chi connectivity index (χ4v) is 2.01. The van der Waals surface area contributed by atoms with E-state index in [0.29, 0.717) is 17.8 Å². The minimum absolute atomic E-state index is 0.00697. The Bertz CT molecular complexity index is 698. The summed E-state index contributed by atoms with van der Waals surface area (Å²) in [5.74, 6) is -0.818. The number of benzene rings is 2. The van der Waals surface area contributed by atoms with Crippen LogP contribution < -0.4 is 10.6 Å². The van der Waals surface area contributed by atoms with Gasteiger partial charge in [0.2, 0.25) is 0 Å². The first kappa shape index (κ1) is 16.2. The van der Waals surface area contributed by atoms with Gasteiger partial charge in [0.1, 0.15) is 5.82 Å². The molecule has 0 aliphatic heterocycles. The Labute approximate surface area is 130 Å². The first-order valence-electron chi connectivity index (χ1n) is 6.28. The van der Waals surface area contributed by atoms with Gasteiger partial charge in [0.05, 0.1) is 11.3 Å². The number of rotatable bonds is 2. The van der Waals surface area contributed by atoms with E-state index < -0.39 is 17.6 Å². The molecule has 0 bridgehead atoms. The molecule has 2 N–H and O–H groups in total. The van der Waals surface area contributed by atoms with Gasteiger partial charge in [-0.2, -0.15) is 13.2 Å². The van der Waals surface area contributed by atoms with E-state index in [1.807, 2.05) is 19.1 Å². The van der Waals surface area contributed by atoms with E-state index in [-0.39, 0.29) is 10.8 Å². The molecule has 2 rings (SSSR count). The molecule has 0 aliphatic rings. The summed E-state index contributed by atoms with van der Waals surface area (Å²) in [6, 6.07) is 9.33. The highest BCUT2D eigenvalue weighted by molar-refractivity contribution is 7.80. The largest absolute Gasteiger partial charge is 0.416 e. The number of para-hydroxylation sites is 1. The summed E-state index contributed by atoms with van der Waals surface area (Å²) in [7, 11) is 0. The molecule has 116 valence electrons. The SMILES string of the molecule is Cc1ccccc1NC(=S)Nc1cc(C(F)(F)F)ccc1F. The van der Waals surface area contributed by atoms with Gasteiger partial charge < -0.3 is 10.6 Å². The van der Waals surface area contributed by atoms with E-state index >= 15 is 0 Å². The van der Waals surface area contributed by atoms with Gasteiger partial charge >= 0.3 is 6.18 Å². The van der Waals surface area contributed by atoms with E-state index in [4.69, 9.17) is 12.2 Å². The third kappa shape index (κ3) is 3.94. The van der Waals surface area contributed by atoms with Crippen molar-refractivity contribution in [2.24, 2.45) is 0 Å². The average Bonchev–Trinajstić information content (AvgIpc) is 2.42. The molecule has 0 aliphatic carbocycles. The van der Waals surface area contributed by atoms with Crippen LogP contribution in [-0.2, 0) is 6.18 Å². The molecule has 0 unspecified atom stereocenters. The van der Waals surface area contributed by atoms with Crippen LogP contribution in [-0.4, -0.2) is 5.11 Å². The van der Waals surface area contributed by atoms with Crippen LogP contribution in [0.25, 0.3) is 0 Å². The second-order valence-corrected chi connectivity index (χ2v) is 4.99. The number of nitrogens with one attached hydrogen (secondary N) is 2. The van der Waals surface area contributed by atoms with Crippen LogP contribution in [0, 0.1) is 12.7 Å². The van der Waals surface area contributed by atoms with Gasteiger partial charge in [-0.1, -0.05) is 18.2 Å². The summed E-state index contributed by atoms with van der Waals surface area (Å²) in [6.07, 6.45) is -4.55. The zero-order valence-electron chi connectivity index (χ0n) is 11.5. The summed E-state index contributed by atoms with van der Waals surface area (Å²) in [5, 5.41) is 5.27. The van der Waals surface area contributed by atoms with Crippen molar-refractivity contribution in [2.75, 3.05) is 10.6 Å². The van der Waals surface area contributed by atoms with Gasteiger partial charge in [-0.05, 0) is 49.0 Å². The number of hydrogen-bond donors (Lipinski definition) is 2. The van der Waals surface area contributed by atoms with Crippen molar-refractivity contribution in [3.8, 4) is 0 Å². The smallest absolute Gasteiger partial charge is 0.332 e. The lowest BCUT2D eigenvalue weighted by molar-refractivity contribution is -0.137. The lowest BCUT2D eigenvalue weighted by Crippen LogP contribution is -2.20. The van der Waals surface area contributed by atoms with Gasteiger partial charge in [-0.3, -0.25) is 0 Å². The average molecular weight is 328 g/mol. The molecule has 2 nitrogen and oxygen atoms in total. The molecular weight excluding hydrogens is 316 g/mol. The molecule has 0 saturated carbocycles. The van der Waals surface area contributed by atoms with E-state index in [2.05, 4.69) is 10.6 Å². The van der Waals surface area contributed by atoms with Gasteiger partial charge in [-0.15, -0.1) is 0 Å². The normalized spacial score (nSPS) is 11.1. The number of thiocarbonyl (C=S) groups is 1. The number of alkyl halides is 3. The quantitative estimate of drug-likeness (QED) is 0.602. The molecule has 0 aromatic heterocycles. The number of anilines is 2. The lowest BCUT2D eigenvalue weighted by atomic mass is 10.2. The maximum absolute atomic E-state index is 13.6. The van der Waals surface area contributed by atoms with Crippen molar-refractivity contribution in [1.82, 2.24) is 0 Å². The van der Waals surface area contributed by atoms with Crippen LogP contribution in [0.5, 0.6) is 0 Å².